The van der Waals surface area contributed by atoms with E-state index >= 15 is 0 Å². The van der Waals surface area contributed by atoms with E-state index in [1.165, 1.54) is 0 Å². The molecule has 0 unspecified atom stereocenters. The predicted octanol–water partition coefficient (Wildman–Crippen LogP) is 1.99. The molecule has 0 aliphatic carbocycles. The zero-order valence-electron chi connectivity index (χ0n) is 6.36. The summed E-state index contributed by atoms with van der Waals surface area (Å²) in [7, 11) is -0.386. The standard InChI is InChI=1S/C4H10Si.2CH3.Sn/c1-4-5(2)3;;;/h4-5H,1H2,2-3H3;2*1H3;. The third-order valence-electron chi connectivity index (χ3n) is 0.471. The molecule has 0 rings (SSSR count). The summed E-state index contributed by atoms with van der Waals surface area (Å²) in [6.07, 6.45) is 0. The maximum absolute atomic E-state index is 3.62. The average Bonchev–Trinajstić information content (AvgIpc) is 1.69. The molecule has 0 aliphatic rings. The molecule has 0 saturated carbocycles. The van der Waals surface area contributed by atoms with E-state index < -0.39 is 0 Å². The van der Waals surface area contributed by atoms with Crippen LogP contribution in [0.2, 0.25) is 23.0 Å². The molecule has 8 heavy (non-hydrogen) atoms. The Morgan fingerprint density at radius 3 is 1.50 bits per heavy atom. The van der Waals surface area contributed by atoms with Crippen LogP contribution in [0.4, 0.5) is 0 Å². The van der Waals surface area contributed by atoms with Crippen LogP contribution in [0.15, 0.2) is 12.3 Å². The molecule has 2 radical (unpaired) electrons. The molecule has 0 heterocycles. The molecule has 0 aromatic rings. The van der Waals surface area contributed by atoms with Crippen LogP contribution >= 0.6 is 0 Å². The van der Waals surface area contributed by atoms with Gasteiger partial charge in [0.15, 0.2) is 0 Å². The van der Waals surface area contributed by atoms with E-state index in [9.17, 15) is 0 Å². The molecule has 0 saturated heterocycles. The molecule has 0 spiro atoms. The summed E-state index contributed by atoms with van der Waals surface area (Å²) in [5, 5.41) is 0. The van der Waals surface area contributed by atoms with Crippen molar-refractivity contribution < 1.29 is 0 Å². The molecule has 0 aromatic carbocycles. The van der Waals surface area contributed by atoms with E-state index in [4.69, 9.17) is 0 Å². The van der Waals surface area contributed by atoms with E-state index in [0.29, 0.717) is 0 Å². The zero-order chi connectivity index (χ0) is 6.99. The summed E-state index contributed by atoms with van der Waals surface area (Å²) in [5.74, 6) is 0. The van der Waals surface area contributed by atoms with Crippen molar-refractivity contribution in [1.29, 1.82) is 0 Å². The van der Waals surface area contributed by atoms with Gasteiger partial charge in [-0.2, -0.15) is 0 Å². The van der Waals surface area contributed by atoms with Gasteiger partial charge >= 0.3 is 31.0 Å². The van der Waals surface area contributed by atoms with E-state index in [1.807, 2.05) is 0 Å². The Bertz CT molecular complexity index is 43.8. The zero-order valence-corrected chi connectivity index (χ0v) is 10.4. The topological polar surface area (TPSA) is 0 Å². The van der Waals surface area contributed by atoms with Gasteiger partial charge in [0.25, 0.3) is 0 Å². The average molecular weight is 235 g/mol. The Labute approximate surface area is 65.2 Å². The minimum atomic E-state index is -0.386. The second kappa shape index (κ2) is 10.7. The Morgan fingerprint density at radius 2 is 1.50 bits per heavy atom. The molecule has 0 nitrogen and oxygen atoms in total. The van der Waals surface area contributed by atoms with Crippen LogP contribution < -0.4 is 0 Å². The first-order chi connectivity index (χ1) is 3.68. The second-order valence-corrected chi connectivity index (χ2v) is 7.79. The Kier molecular flexibility index (Phi) is 15.4. The number of hydrogen-bond donors (Lipinski definition) is 0. The third kappa shape index (κ3) is 29.5. The van der Waals surface area contributed by atoms with Crippen LogP contribution in [0, 0.1) is 0 Å². The number of hydrogen-bond acceptors (Lipinski definition) is 0. The van der Waals surface area contributed by atoms with Crippen molar-refractivity contribution in [3.05, 3.63) is 12.3 Å². The predicted molar refractivity (Wildman–Crippen MR) is 46.6 cm³/mol. The van der Waals surface area contributed by atoms with Crippen LogP contribution in [-0.4, -0.2) is 29.9 Å². The molecule has 2 heteroatoms. The third-order valence-corrected chi connectivity index (χ3v) is 1.41. The van der Waals surface area contributed by atoms with Crippen molar-refractivity contribution in [2.24, 2.45) is 0 Å². The van der Waals surface area contributed by atoms with Gasteiger partial charge in [-0.15, -0.1) is 12.3 Å². The SMILES string of the molecule is C=C[SiH](C)C.[CH3][Sn][CH3]. The van der Waals surface area contributed by atoms with Crippen LogP contribution in [0.25, 0.3) is 0 Å². The second-order valence-electron chi connectivity index (χ2n) is 1.98. The summed E-state index contributed by atoms with van der Waals surface area (Å²) >= 11 is 0.230. The van der Waals surface area contributed by atoms with Gasteiger partial charge in [-0.25, -0.2) is 0 Å². The van der Waals surface area contributed by atoms with E-state index in [2.05, 4.69) is 35.3 Å². The van der Waals surface area contributed by atoms with Crippen molar-refractivity contribution >= 4 is 29.9 Å². The van der Waals surface area contributed by atoms with Crippen LogP contribution in [0.5, 0.6) is 0 Å². The quantitative estimate of drug-likeness (QED) is 0.609. The van der Waals surface area contributed by atoms with Gasteiger partial charge < -0.3 is 0 Å². The van der Waals surface area contributed by atoms with Crippen molar-refractivity contribution in [2.45, 2.75) is 23.0 Å². The Balaban J connectivity index is 0. The number of rotatable bonds is 1. The minimum absolute atomic E-state index is 0.230. The summed E-state index contributed by atoms with van der Waals surface area (Å²) < 4.78 is 0. The van der Waals surface area contributed by atoms with E-state index in [1.54, 1.807) is 0 Å². The van der Waals surface area contributed by atoms with Crippen LogP contribution in [-0.2, 0) is 0 Å². The van der Waals surface area contributed by atoms with Crippen LogP contribution in [0.3, 0.4) is 0 Å². The summed E-state index contributed by atoms with van der Waals surface area (Å²) in [5.41, 5.74) is 2.06. The van der Waals surface area contributed by atoms with E-state index in [-0.39, 0.29) is 29.9 Å². The Morgan fingerprint density at radius 1 is 1.38 bits per heavy atom. The van der Waals surface area contributed by atoms with Gasteiger partial charge in [0.2, 0.25) is 0 Å². The molecular weight excluding hydrogens is 219 g/mol. The first-order valence-corrected chi connectivity index (χ1v) is 11.6. The fourth-order valence-electron chi connectivity index (χ4n) is 0. The van der Waals surface area contributed by atoms with E-state index in [0.717, 1.165) is 0 Å². The first kappa shape index (κ1) is 11.5. The molecule has 0 bridgehead atoms. The van der Waals surface area contributed by atoms with Gasteiger partial charge in [-0.05, 0) is 0 Å². The monoisotopic (exact) mass is 236 g/mol. The molecule has 0 N–H and O–H groups in total. The van der Waals surface area contributed by atoms with Gasteiger partial charge in [-0.3, -0.25) is 0 Å². The fourth-order valence-corrected chi connectivity index (χ4v) is 0. The van der Waals surface area contributed by atoms with Gasteiger partial charge in [-0.1, -0.05) is 13.1 Å². The molecule has 0 atom stereocenters. The van der Waals surface area contributed by atoms with Gasteiger partial charge in [0.05, 0.1) is 8.80 Å². The van der Waals surface area contributed by atoms with Crippen molar-refractivity contribution in [3.63, 3.8) is 0 Å². The molecule has 48 valence electrons. The molecule has 0 aromatic heterocycles. The molecule has 0 amide bonds. The first-order valence-electron chi connectivity index (χ1n) is 2.90. The van der Waals surface area contributed by atoms with Crippen LogP contribution in [0.1, 0.15) is 0 Å². The molecular formula is C6H16SiSn. The van der Waals surface area contributed by atoms with Gasteiger partial charge in [0.1, 0.15) is 0 Å². The summed E-state index contributed by atoms with van der Waals surface area (Å²) in [6, 6.07) is 0. The summed E-state index contributed by atoms with van der Waals surface area (Å²) in [4.78, 5) is 4.59. The summed E-state index contributed by atoms with van der Waals surface area (Å²) in [6.45, 7) is 8.11. The fraction of sp³-hybridized carbons (Fsp3) is 0.667. The maximum atomic E-state index is 3.62. The normalized spacial score (nSPS) is 7.62. The molecule has 0 fully saturated rings. The molecule has 0 aliphatic heterocycles. The van der Waals surface area contributed by atoms with Crippen molar-refractivity contribution in [3.8, 4) is 0 Å². The Hall–Kier alpha value is 0.756. The van der Waals surface area contributed by atoms with Crippen molar-refractivity contribution in [1.82, 2.24) is 0 Å². The van der Waals surface area contributed by atoms with Crippen molar-refractivity contribution in [2.75, 3.05) is 0 Å². The van der Waals surface area contributed by atoms with Gasteiger partial charge in [0, 0.05) is 0 Å².